The van der Waals surface area contributed by atoms with Crippen molar-refractivity contribution in [2.45, 2.75) is 0 Å². The second kappa shape index (κ2) is 17.8. The molecule has 4 heavy (non-hydrogen) atoms. The molecule has 0 fully saturated rings. The van der Waals surface area contributed by atoms with E-state index < -0.39 is 0 Å². The summed E-state index contributed by atoms with van der Waals surface area (Å²) in [5.41, 5.74) is 0. The molecule has 0 atom stereocenters. The van der Waals surface area contributed by atoms with Gasteiger partial charge < -0.3 is 0 Å². The van der Waals surface area contributed by atoms with Gasteiger partial charge in [-0.25, -0.2) is 0 Å². The molecule has 0 aromatic rings. The zero-order valence-electron chi connectivity index (χ0n) is 1.25. The van der Waals surface area contributed by atoms with Crippen LogP contribution in [-0.2, 0) is 0 Å². The molecule has 0 unspecified atom stereocenters. The molecule has 0 aromatic heterocycles. The molecule has 0 saturated heterocycles. The maximum Gasteiger partial charge on any atom is 0 e. The van der Waals surface area contributed by atoms with Crippen molar-refractivity contribution in [1.82, 2.24) is 0 Å². The molecule has 0 aromatic carbocycles. The fourth-order valence-corrected chi connectivity index (χ4v) is 0. The molecular formula is H3NaO2Xe. The summed E-state index contributed by atoms with van der Waals surface area (Å²) in [6.45, 7) is 0. The van der Waals surface area contributed by atoms with Crippen molar-refractivity contribution < 1.29 is 59.4 Å². The molecule has 0 aliphatic carbocycles. The van der Waals surface area contributed by atoms with Gasteiger partial charge in [-0.05, 0) is 0 Å². The van der Waals surface area contributed by atoms with Crippen LogP contribution < -0.4 is 0 Å². The Morgan fingerprint density at radius 3 is 1.00 bits per heavy atom. The first-order valence-electron chi connectivity index (χ1n) is 0.200. The van der Waals surface area contributed by atoms with Crippen LogP contribution in [0.2, 0.25) is 0 Å². The first kappa shape index (κ1) is 16.1. The van der Waals surface area contributed by atoms with E-state index in [1.807, 2.05) is 0 Å². The van der Waals surface area contributed by atoms with Crippen LogP contribution in [0.3, 0.4) is 0 Å². The summed E-state index contributed by atoms with van der Waals surface area (Å²) < 4.78 is 0. The Morgan fingerprint density at radius 1 is 1.00 bits per heavy atom. The van der Waals surface area contributed by atoms with Gasteiger partial charge in [0.25, 0.3) is 0 Å². The van der Waals surface area contributed by atoms with E-state index in [1.165, 1.54) is 0 Å². The summed E-state index contributed by atoms with van der Waals surface area (Å²) in [7, 11) is 0. The van der Waals surface area contributed by atoms with Crippen LogP contribution in [0, 0.1) is 48.9 Å². The third-order valence-corrected chi connectivity index (χ3v) is 0. The zero-order chi connectivity index (χ0) is 2.00. The summed E-state index contributed by atoms with van der Waals surface area (Å²) in [6.07, 6.45) is 0. The average Bonchev–Trinajstić information content (AvgIpc) is 1.00. The molecule has 0 saturated carbocycles. The minimum atomic E-state index is 0. The predicted molar refractivity (Wildman–Crippen MR) is 12.4 cm³/mol. The van der Waals surface area contributed by atoms with Gasteiger partial charge in [0.15, 0.2) is 0 Å². The molecule has 0 rings (SSSR count). The van der Waals surface area contributed by atoms with Gasteiger partial charge in [0.05, 0.1) is 0 Å². The Balaban J connectivity index is -0.00000000500. The molecular weight excluding hydrogens is 186 g/mol. The van der Waals surface area contributed by atoms with Crippen molar-refractivity contribution in [3.63, 3.8) is 0 Å². The fourth-order valence-electron chi connectivity index (χ4n) is 0. The molecule has 24 valence electrons. The largest absolute Gasteiger partial charge is 0 e. The molecule has 0 amide bonds. The summed E-state index contributed by atoms with van der Waals surface area (Å²) in [6, 6.07) is 0. The molecule has 2 nitrogen and oxygen atoms in total. The molecule has 0 aliphatic rings. The van der Waals surface area contributed by atoms with Crippen molar-refractivity contribution in [3.8, 4) is 0 Å². The van der Waals surface area contributed by atoms with Gasteiger partial charge in [-0.2, -0.15) is 0 Å². The number of hydrogen-bond acceptors (Lipinski definition) is 2. The SMILES string of the molecule is OO.[NaH].[Xe]. The Hall–Kier alpha value is 2.49. The molecule has 0 radical (unpaired) electrons. The van der Waals surface area contributed by atoms with Crippen LogP contribution in [0.15, 0.2) is 0 Å². The Bertz CT molecular complexity index is 6.00. The van der Waals surface area contributed by atoms with E-state index in [4.69, 9.17) is 10.5 Å². The third-order valence-electron chi connectivity index (χ3n) is 0. The van der Waals surface area contributed by atoms with E-state index in [0.717, 1.165) is 0 Å². The van der Waals surface area contributed by atoms with Crippen molar-refractivity contribution >= 4 is 29.6 Å². The number of rotatable bonds is 0. The standard InChI is InChI=1S/Na.H2O2.Xe.H/c;1-2;;/h;1-2H;;. The van der Waals surface area contributed by atoms with Gasteiger partial charge >= 0.3 is 29.6 Å². The van der Waals surface area contributed by atoms with Crippen molar-refractivity contribution in [1.29, 1.82) is 0 Å². The van der Waals surface area contributed by atoms with Crippen LogP contribution in [0.5, 0.6) is 0 Å². The van der Waals surface area contributed by atoms with Gasteiger partial charge in [0.2, 0.25) is 0 Å². The number of hydrogen-bond donors (Lipinski definition) is 2. The summed E-state index contributed by atoms with van der Waals surface area (Å²) in [4.78, 5) is 0. The Morgan fingerprint density at radius 2 is 1.00 bits per heavy atom. The van der Waals surface area contributed by atoms with Gasteiger partial charge in [0, 0.05) is 48.9 Å². The van der Waals surface area contributed by atoms with Gasteiger partial charge in [-0.1, -0.05) is 0 Å². The van der Waals surface area contributed by atoms with E-state index in [0.29, 0.717) is 0 Å². The molecule has 0 aliphatic heterocycles. The first-order chi connectivity index (χ1) is 1.00. The monoisotopic (exact) mass is 190 g/mol. The van der Waals surface area contributed by atoms with Crippen LogP contribution in [0.4, 0.5) is 0 Å². The molecule has 4 heteroatoms. The summed E-state index contributed by atoms with van der Waals surface area (Å²) in [5.74, 6) is 0. The van der Waals surface area contributed by atoms with E-state index >= 15 is 0 Å². The van der Waals surface area contributed by atoms with Gasteiger partial charge in [-0.3, -0.25) is 10.5 Å². The quantitative estimate of drug-likeness (QED) is 0.303. The topological polar surface area (TPSA) is 40.5 Å². The first-order valence-corrected chi connectivity index (χ1v) is 0.200. The van der Waals surface area contributed by atoms with Crippen LogP contribution >= 0.6 is 0 Å². The maximum absolute atomic E-state index is 6.00. The fraction of sp³-hybridized carbons (Fsp3) is 0. The van der Waals surface area contributed by atoms with E-state index in [9.17, 15) is 0 Å². The van der Waals surface area contributed by atoms with Gasteiger partial charge in [0.1, 0.15) is 0 Å². The molecule has 0 heterocycles. The zero-order valence-corrected chi connectivity index (χ0v) is 3.27. The third kappa shape index (κ3) is 8.82. The van der Waals surface area contributed by atoms with E-state index in [-0.39, 0.29) is 78.4 Å². The minimum absolute atomic E-state index is 0. The van der Waals surface area contributed by atoms with E-state index in [1.54, 1.807) is 0 Å². The predicted octanol–water partition coefficient (Wildman–Crippen LogP) is -0.631. The maximum atomic E-state index is 6.00. The summed E-state index contributed by atoms with van der Waals surface area (Å²) in [5, 5.41) is 12.0. The Labute approximate surface area is 86.9 Å². The van der Waals surface area contributed by atoms with Crippen molar-refractivity contribution in [2.75, 3.05) is 0 Å². The normalized spacial score (nSPS) is 1.50. The van der Waals surface area contributed by atoms with Crippen molar-refractivity contribution in [2.24, 2.45) is 0 Å². The van der Waals surface area contributed by atoms with Crippen LogP contribution in [0.25, 0.3) is 0 Å². The average molecular weight is 189 g/mol. The molecule has 2 N–H and O–H groups in total. The molecule has 0 spiro atoms. The second-order valence-corrected chi connectivity index (χ2v) is 0. The van der Waals surface area contributed by atoms with Crippen LogP contribution in [-0.4, -0.2) is 40.1 Å². The second-order valence-electron chi connectivity index (χ2n) is 0. The molecule has 0 bridgehead atoms. The van der Waals surface area contributed by atoms with Gasteiger partial charge in [-0.15, -0.1) is 0 Å². The van der Waals surface area contributed by atoms with Crippen molar-refractivity contribution in [3.05, 3.63) is 0 Å². The Kier molecular flexibility index (Phi) is 71.6. The minimum Gasteiger partial charge on any atom is 0 e. The van der Waals surface area contributed by atoms with Crippen LogP contribution in [0.1, 0.15) is 0 Å². The summed E-state index contributed by atoms with van der Waals surface area (Å²) >= 11 is 0. The smallest absolute Gasteiger partial charge is 0 e. The van der Waals surface area contributed by atoms with E-state index in [2.05, 4.69) is 0 Å².